The van der Waals surface area contributed by atoms with Crippen LogP contribution < -0.4 is 5.43 Å². The van der Waals surface area contributed by atoms with Crippen LogP contribution in [0, 0.1) is 17.0 Å². The van der Waals surface area contributed by atoms with E-state index in [0.29, 0.717) is 5.56 Å². The van der Waals surface area contributed by atoms with Gasteiger partial charge in [0, 0.05) is 17.0 Å². The average Bonchev–Trinajstić information content (AvgIpc) is 2.62. The highest BCUT2D eigenvalue weighted by Gasteiger charge is 2.18. The van der Waals surface area contributed by atoms with Crippen LogP contribution in [0.5, 0.6) is 0 Å². The third-order valence-corrected chi connectivity index (χ3v) is 3.97. The molecular weight excluding hydrogens is 356 g/mol. The van der Waals surface area contributed by atoms with Crippen molar-refractivity contribution >= 4 is 40.3 Å². The van der Waals surface area contributed by atoms with Gasteiger partial charge in [-0.1, -0.05) is 35.9 Å². The van der Waals surface area contributed by atoms with E-state index in [4.69, 9.17) is 11.6 Å². The number of nitro benzene ring substituents is 1. The minimum Gasteiger partial charge on any atom is -0.267 e. The lowest BCUT2D eigenvalue weighted by Crippen LogP contribution is -2.19. The summed E-state index contributed by atoms with van der Waals surface area (Å²) >= 11 is 6.15. The molecule has 0 aliphatic rings. The number of nitrogens with one attached hydrogen (secondary N) is 1. The SMILES string of the molecule is Cc1ccc2cc(/C=N/NC(=O)c3ccccc3[N+](=O)[O-])c(Cl)nc2c1. The molecule has 3 rings (SSSR count). The molecule has 0 fully saturated rings. The first kappa shape index (κ1) is 17.5. The Kier molecular flexibility index (Phi) is 4.90. The quantitative estimate of drug-likeness (QED) is 0.327. The number of nitro groups is 1. The van der Waals surface area contributed by atoms with Crippen LogP contribution in [0.3, 0.4) is 0 Å². The van der Waals surface area contributed by atoms with Gasteiger partial charge >= 0.3 is 0 Å². The number of pyridine rings is 1. The van der Waals surface area contributed by atoms with Crippen LogP contribution in [0.15, 0.2) is 53.6 Å². The Balaban J connectivity index is 1.82. The number of halogens is 1. The summed E-state index contributed by atoms with van der Waals surface area (Å²) in [7, 11) is 0. The normalized spacial score (nSPS) is 11.0. The monoisotopic (exact) mass is 368 g/mol. The molecule has 7 nitrogen and oxygen atoms in total. The lowest BCUT2D eigenvalue weighted by molar-refractivity contribution is -0.385. The van der Waals surface area contributed by atoms with Crippen molar-refractivity contribution in [1.29, 1.82) is 0 Å². The van der Waals surface area contributed by atoms with Crippen LogP contribution in [-0.4, -0.2) is 22.0 Å². The van der Waals surface area contributed by atoms with E-state index in [1.54, 1.807) is 6.07 Å². The molecule has 0 saturated carbocycles. The molecule has 0 unspecified atom stereocenters. The number of carbonyl (C=O) groups is 1. The molecule has 1 aromatic heterocycles. The van der Waals surface area contributed by atoms with Gasteiger partial charge in [-0.3, -0.25) is 14.9 Å². The maximum absolute atomic E-state index is 12.1. The fourth-order valence-electron chi connectivity index (χ4n) is 2.41. The average molecular weight is 369 g/mol. The molecule has 2 aromatic carbocycles. The summed E-state index contributed by atoms with van der Waals surface area (Å²) in [5.74, 6) is -0.686. The van der Waals surface area contributed by atoms with Gasteiger partial charge in [-0.15, -0.1) is 0 Å². The van der Waals surface area contributed by atoms with Crippen LogP contribution in [0.1, 0.15) is 21.5 Å². The molecule has 0 bridgehead atoms. The molecule has 0 aliphatic heterocycles. The fourth-order valence-corrected chi connectivity index (χ4v) is 2.60. The van der Waals surface area contributed by atoms with Gasteiger partial charge < -0.3 is 0 Å². The standard InChI is InChI=1S/C18H13ClN4O3/c1-11-6-7-12-9-13(17(19)21-15(12)8-11)10-20-22-18(24)14-4-2-3-5-16(14)23(25)26/h2-10H,1H3,(H,22,24)/b20-10+. The number of aryl methyl sites for hydroxylation is 1. The number of amides is 1. The Hall–Kier alpha value is -3.32. The highest BCUT2D eigenvalue weighted by Crippen LogP contribution is 2.20. The van der Waals surface area contributed by atoms with Crippen molar-refractivity contribution in [3.63, 3.8) is 0 Å². The predicted octanol–water partition coefficient (Wildman–Crippen LogP) is 3.87. The Bertz CT molecular complexity index is 1050. The second-order valence-corrected chi connectivity index (χ2v) is 5.90. The van der Waals surface area contributed by atoms with E-state index < -0.39 is 10.8 Å². The summed E-state index contributed by atoms with van der Waals surface area (Å²) in [4.78, 5) is 26.8. The third-order valence-electron chi connectivity index (χ3n) is 3.67. The van der Waals surface area contributed by atoms with Crippen molar-refractivity contribution in [2.75, 3.05) is 0 Å². The molecule has 1 amide bonds. The predicted molar refractivity (Wildman–Crippen MR) is 99.6 cm³/mol. The second kappa shape index (κ2) is 7.28. The highest BCUT2D eigenvalue weighted by molar-refractivity contribution is 6.32. The first-order chi connectivity index (χ1) is 12.5. The van der Waals surface area contributed by atoms with Gasteiger partial charge in [0.05, 0.1) is 16.7 Å². The number of para-hydroxylation sites is 1. The smallest absolute Gasteiger partial charge is 0.267 e. The lowest BCUT2D eigenvalue weighted by atomic mass is 10.1. The molecule has 130 valence electrons. The number of hydrazone groups is 1. The van der Waals surface area contributed by atoms with Gasteiger partial charge in [-0.25, -0.2) is 10.4 Å². The summed E-state index contributed by atoms with van der Waals surface area (Å²) in [6.07, 6.45) is 1.35. The zero-order valence-corrected chi connectivity index (χ0v) is 14.4. The number of nitrogens with zero attached hydrogens (tertiary/aromatic N) is 3. The van der Waals surface area contributed by atoms with Crippen LogP contribution >= 0.6 is 11.6 Å². The number of benzene rings is 2. The summed E-state index contributed by atoms with van der Waals surface area (Å²) in [5, 5.41) is 15.9. The number of aromatic nitrogens is 1. The zero-order chi connectivity index (χ0) is 18.7. The number of carbonyl (C=O) groups excluding carboxylic acids is 1. The van der Waals surface area contributed by atoms with Gasteiger partial charge in [0.15, 0.2) is 0 Å². The maximum atomic E-state index is 12.1. The largest absolute Gasteiger partial charge is 0.282 e. The summed E-state index contributed by atoms with van der Waals surface area (Å²) in [6.45, 7) is 1.96. The van der Waals surface area contributed by atoms with Crippen molar-refractivity contribution in [3.05, 3.63) is 80.5 Å². The molecule has 26 heavy (non-hydrogen) atoms. The number of hydrogen-bond acceptors (Lipinski definition) is 5. The number of rotatable bonds is 4. The molecular formula is C18H13ClN4O3. The zero-order valence-electron chi connectivity index (χ0n) is 13.6. The number of hydrogen-bond donors (Lipinski definition) is 1. The molecule has 1 N–H and O–H groups in total. The van der Waals surface area contributed by atoms with E-state index >= 15 is 0 Å². The van der Waals surface area contributed by atoms with Crippen molar-refractivity contribution in [1.82, 2.24) is 10.4 Å². The summed E-state index contributed by atoms with van der Waals surface area (Å²) in [5.41, 5.74) is 4.25. The second-order valence-electron chi connectivity index (χ2n) is 5.54. The molecule has 0 aliphatic carbocycles. The maximum Gasteiger partial charge on any atom is 0.282 e. The van der Waals surface area contributed by atoms with E-state index in [1.165, 1.54) is 30.5 Å². The van der Waals surface area contributed by atoms with Crippen LogP contribution in [-0.2, 0) is 0 Å². The van der Waals surface area contributed by atoms with Gasteiger partial charge in [0.1, 0.15) is 10.7 Å². The molecule has 0 spiro atoms. The van der Waals surface area contributed by atoms with Crippen LogP contribution in [0.4, 0.5) is 5.69 Å². The van der Waals surface area contributed by atoms with E-state index in [9.17, 15) is 14.9 Å². The van der Waals surface area contributed by atoms with Crippen LogP contribution in [0.2, 0.25) is 5.15 Å². The van der Waals surface area contributed by atoms with Crippen molar-refractivity contribution in [3.8, 4) is 0 Å². The summed E-state index contributed by atoms with van der Waals surface area (Å²) < 4.78 is 0. The van der Waals surface area contributed by atoms with Gasteiger partial charge in [-0.2, -0.15) is 5.10 Å². The van der Waals surface area contributed by atoms with Gasteiger partial charge in [0.2, 0.25) is 0 Å². The van der Waals surface area contributed by atoms with E-state index in [-0.39, 0.29) is 16.4 Å². The molecule has 8 heteroatoms. The number of fused-ring (bicyclic) bond motifs is 1. The highest BCUT2D eigenvalue weighted by atomic mass is 35.5. The van der Waals surface area contributed by atoms with Crippen LogP contribution in [0.25, 0.3) is 10.9 Å². The van der Waals surface area contributed by atoms with Gasteiger partial charge in [0.25, 0.3) is 11.6 Å². The molecule has 3 aromatic rings. The topological polar surface area (TPSA) is 97.5 Å². The van der Waals surface area contributed by atoms with Gasteiger partial charge in [-0.05, 0) is 30.7 Å². The molecule has 0 atom stereocenters. The van der Waals surface area contributed by atoms with E-state index in [1.807, 2.05) is 25.1 Å². The minimum absolute atomic E-state index is 0.0761. The molecule has 0 radical (unpaired) electrons. The molecule has 0 saturated heterocycles. The summed E-state index contributed by atoms with van der Waals surface area (Å²) in [6, 6.07) is 13.2. The Morgan fingerprint density at radius 3 is 2.81 bits per heavy atom. The minimum atomic E-state index is -0.686. The van der Waals surface area contributed by atoms with Crippen molar-refractivity contribution < 1.29 is 9.72 Å². The first-order valence-corrected chi connectivity index (χ1v) is 7.97. The lowest BCUT2D eigenvalue weighted by Gasteiger charge is -2.04. The van der Waals surface area contributed by atoms with Crippen molar-refractivity contribution in [2.45, 2.75) is 6.92 Å². The fraction of sp³-hybridized carbons (Fsp3) is 0.0556. The Labute approximate surface area is 153 Å². The molecule has 1 heterocycles. The first-order valence-electron chi connectivity index (χ1n) is 7.59. The Morgan fingerprint density at radius 1 is 1.27 bits per heavy atom. The van der Waals surface area contributed by atoms with E-state index in [0.717, 1.165) is 16.5 Å². The Morgan fingerprint density at radius 2 is 2.04 bits per heavy atom. The van der Waals surface area contributed by atoms with Crippen molar-refractivity contribution in [2.24, 2.45) is 5.10 Å². The van der Waals surface area contributed by atoms with E-state index in [2.05, 4.69) is 15.5 Å². The third kappa shape index (κ3) is 3.68.